The van der Waals surface area contributed by atoms with Crippen LogP contribution in [0.4, 0.5) is 0 Å². The Hall–Kier alpha value is -9.32. The maximum Gasteiger partial charge on any atom is 0.0721 e. The summed E-state index contributed by atoms with van der Waals surface area (Å²) in [7, 11) is 0. The van der Waals surface area contributed by atoms with Gasteiger partial charge in [-0.1, -0.05) is 170 Å². The monoisotopic (exact) mass is 1020 g/mol. The number of thiophene rings is 2. The van der Waals surface area contributed by atoms with E-state index in [0.717, 1.165) is 0 Å². The fourth-order valence-electron chi connectivity index (χ4n) is 15.5. The van der Waals surface area contributed by atoms with Crippen molar-refractivity contribution in [2.75, 3.05) is 0 Å². The van der Waals surface area contributed by atoms with Crippen LogP contribution in [0.1, 0.15) is 44.5 Å². The fraction of sp³-hybridized carbons (Fsp3) is 0.0270. The van der Waals surface area contributed by atoms with Crippen LogP contribution < -0.4 is 0 Å². The van der Waals surface area contributed by atoms with Crippen LogP contribution in [0.15, 0.2) is 255 Å². The number of hydrogen-bond acceptors (Lipinski definition) is 2. The molecule has 4 aromatic heterocycles. The lowest BCUT2D eigenvalue weighted by Gasteiger charge is -2.49. The summed E-state index contributed by atoms with van der Waals surface area (Å²) in [6, 6.07) is 98.2. The first-order chi connectivity index (χ1) is 38.7. The smallest absolute Gasteiger partial charge is 0.0721 e. The minimum atomic E-state index is -0.704. The number of para-hydroxylation sites is 2. The second-order valence-corrected chi connectivity index (χ2v) is 23.9. The highest BCUT2D eigenvalue weighted by molar-refractivity contribution is 7.26. The summed E-state index contributed by atoms with van der Waals surface area (Å²) in [6.45, 7) is 0. The number of benzene rings is 12. The van der Waals surface area contributed by atoms with E-state index in [4.69, 9.17) is 0 Å². The van der Waals surface area contributed by atoms with Crippen molar-refractivity contribution in [1.82, 2.24) is 9.13 Å². The standard InChI is InChI=1S/C74H42N2S2/c1-9-25-57-45(17-1)46-18-2-10-26-58(46)73(57)61-39-53-49-21-5-13-29-65(49)76(44-34-36-72-56(38-44)52-24-8-16-32-70(52)78-72)68(53)42-64(61)74(59-27-11-3-19-47(59)48-20-4-12-28-60(48)74)62-40-54-50-22-6-14-30-66(50)75(67(54)41-63(62)73)43-33-35-71-55(37-43)51-23-7-15-31-69(51)77-71/h1-42H. The summed E-state index contributed by atoms with van der Waals surface area (Å²) in [5.41, 5.74) is 21.6. The summed E-state index contributed by atoms with van der Waals surface area (Å²) in [5.74, 6) is 0. The summed E-state index contributed by atoms with van der Waals surface area (Å²) >= 11 is 3.76. The Morgan fingerprint density at radius 1 is 0.218 bits per heavy atom. The lowest BCUT2D eigenvalue weighted by Crippen LogP contribution is -2.44. The van der Waals surface area contributed by atoms with Gasteiger partial charge in [0.05, 0.1) is 32.9 Å². The molecule has 360 valence electrons. The SMILES string of the molecule is c1ccc2c(c1)-c1ccccc1C21c2cc3c4ccccc4n(-c4ccc5sc6ccccc6c5c4)c3cc2C2(c3ccccc3-c3ccccc32)c2cc3c4ccccc4n(-c4ccc5sc6ccccc6c5c4)c3cc21. The van der Waals surface area contributed by atoms with Gasteiger partial charge >= 0.3 is 0 Å². The van der Waals surface area contributed by atoms with Crippen LogP contribution in [0.5, 0.6) is 0 Å². The van der Waals surface area contributed by atoms with Crippen LogP contribution >= 0.6 is 22.7 Å². The molecule has 0 bridgehead atoms. The summed E-state index contributed by atoms with van der Waals surface area (Å²) in [6.07, 6.45) is 0. The van der Waals surface area contributed by atoms with Crippen molar-refractivity contribution in [2.24, 2.45) is 0 Å². The van der Waals surface area contributed by atoms with Crippen molar-refractivity contribution in [3.8, 4) is 33.6 Å². The average Bonchev–Trinajstić information content (AvgIpc) is 2.56. The Kier molecular flexibility index (Phi) is 7.93. The molecule has 12 aromatic carbocycles. The van der Waals surface area contributed by atoms with Gasteiger partial charge in [-0.25, -0.2) is 0 Å². The maximum absolute atomic E-state index is 2.66. The number of hydrogen-bond donors (Lipinski definition) is 0. The van der Waals surface area contributed by atoms with E-state index < -0.39 is 10.8 Å². The predicted octanol–water partition coefficient (Wildman–Crippen LogP) is 19.7. The first-order valence-electron chi connectivity index (χ1n) is 27.1. The van der Waals surface area contributed by atoms with E-state index in [1.165, 1.54) is 162 Å². The van der Waals surface area contributed by atoms with Crippen molar-refractivity contribution in [2.45, 2.75) is 10.8 Å². The second-order valence-electron chi connectivity index (χ2n) is 21.8. The van der Waals surface area contributed by atoms with E-state index in [1.54, 1.807) is 0 Å². The Labute approximate surface area is 456 Å². The quantitative estimate of drug-likeness (QED) is 0.163. The predicted molar refractivity (Wildman–Crippen MR) is 329 cm³/mol. The molecule has 4 heterocycles. The van der Waals surface area contributed by atoms with E-state index in [-0.39, 0.29) is 0 Å². The van der Waals surface area contributed by atoms with E-state index >= 15 is 0 Å². The highest BCUT2D eigenvalue weighted by atomic mass is 32.1. The molecule has 0 aliphatic heterocycles. The number of nitrogens with zero attached hydrogens (tertiary/aromatic N) is 2. The van der Waals surface area contributed by atoms with Gasteiger partial charge in [0, 0.05) is 73.3 Å². The molecule has 0 unspecified atom stereocenters. The molecule has 0 amide bonds. The topological polar surface area (TPSA) is 9.86 Å². The van der Waals surface area contributed by atoms with Crippen LogP contribution in [0.3, 0.4) is 0 Å². The molecule has 4 heteroatoms. The summed E-state index contributed by atoms with van der Waals surface area (Å²) in [5, 5.41) is 10.2. The molecule has 0 atom stereocenters. The van der Waals surface area contributed by atoms with Crippen LogP contribution in [-0.4, -0.2) is 9.13 Å². The zero-order valence-electron chi connectivity index (χ0n) is 42.0. The first kappa shape index (κ1) is 41.9. The molecule has 0 fully saturated rings. The second kappa shape index (κ2) is 14.8. The molecule has 78 heavy (non-hydrogen) atoms. The lowest BCUT2D eigenvalue weighted by molar-refractivity contribution is 0.635. The molecular formula is C74H42N2S2. The van der Waals surface area contributed by atoms with E-state index in [1.807, 2.05) is 22.7 Å². The van der Waals surface area contributed by atoms with Gasteiger partial charge in [0.1, 0.15) is 0 Å². The van der Waals surface area contributed by atoms with Gasteiger partial charge in [-0.15, -0.1) is 22.7 Å². The molecule has 19 rings (SSSR count). The molecule has 3 aliphatic carbocycles. The van der Waals surface area contributed by atoms with Gasteiger partial charge in [0.15, 0.2) is 0 Å². The van der Waals surface area contributed by atoms with Gasteiger partial charge < -0.3 is 9.13 Å². The highest BCUT2D eigenvalue weighted by Gasteiger charge is 2.59. The molecule has 2 spiro atoms. The third-order valence-corrected chi connectivity index (χ3v) is 20.7. The number of rotatable bonds is 2. The number of fused-ring (bicyclic) bond motifs is 28. The normalized spacial score (nSPS) is 14.4. The van der Waals surface area contributed by atoms with Crippen LogP contribution in [0, 0.1) is 0 Å². The Morgan fingerprint density at radius 2 is 0.538 bits per heavy atom. The van der Waals surface area contributed by atoms with Crippen LogP contribution in [0.25, 0.3) is 118 Å². The Bertz CT molecular complexity index is 4940. The van der Waals surface area contributed by atoms with Gasteiger partial charge in [0.2, 0.25) is 0 Å². The minimum Gasteiger partial charge on any atom is -0.309 e. The summed E-state index contributed by atoms with van der Waals surface area (Å²) in [4.78, 5) is 0. The third kappa shape index (κ3) is 4.97. The third-order valence-electron chi connectivity index (χ3n) is 18.4. The Balaban J connectivity index is 1.02. The molecule has 0 N–H and O–H groups in total. The number of aromatic nitrogens is 2. The van der Waals surface area contributed by atoms with Crippen molar-refractivity contribution in [3.63, 3.8) is 0 Å². The molecule has 2 nitrogen and oxygen atoms in total. The fourth-order valence-corrected chi connectivity index (χ4v) is 17.6. The van der Waals surface area contributed by atoms with Gasteiger partial charge in [-0.3, -0.25) is 0 Å². The minimum absolute atomic E-state index is 0.704. The van der Waals surface area contributed by atoms with Crippen LogP contribution in [0.2, 0.25) is 0 Å². The zero-order valence-corrected chi connectivity index (χ0v) is 43.6. The molecule has 0 saturated carbocycles. The lowest BCUT2D eigenvalue weighted by atomic mass is 9.52. The van der Waals surface area contributed by atoms with E-state index in [0.29, 0.717) is 0 Å². The Morgan fingerprint density at radius 3 is 0.949 bits per heavy atom. The maximum atomic E-state index is 2.66. The van der Waals surface area contributed by atoms with Gasteiger partial charge in [-0.2, -0.15) is 0 Å². The zero-order chi connectivity index (χ0) is 50.6. The van der Waals surface area contributed by atoms with Crippen molar-refractivity contribution < 1.29 is 0 Å². The van der Waals surface area contributed by atoms with Gasteiger partial charge in [-0.05, 0) is 152 Å². The van der Waals surface area contributed by atoms with Crippen molar-refractivity contribution in [3.05, 3.63) is 299 Å². The van der Waals surface area contributed by atoms with Crippen molar-refractivity contribution in [1.29, 1.82) is 0 Å². The van der Waals surface area contributed by atoms with Gasteiger partial charge in [0.25, 0.3) is 0 Å². The first-order valence-corrected chi connectivity index (χ1v) is 28.7. The van der Waals surface area contributed by atoms with E-state index in [9.17, 15) is 0 Å². The molecule has 0 saturated heterocycles. The molecule has 16 aromatic rings. The molecule has 0 radical (unpaired) electrons. The molecule has 3 aliphatic rings. The largest absolute Gasteiger partial charge is 0.309 e. The van der Waals surface area contributed by atoms with Crippen LogP contribution in [-0.2, 0) is 10.8 Å². The highest BCUT2D eigenvalue weighted by Crippen LogP contribution is 2.68. The molecular weight excluding hydrogens is 981 g/mol. The van der Waals surface area contributed by atoms with Crippen molar-refractivity contribution >= 4 is 107 Å². The summed E-state index contributed by atoms with van der Waals surface area (Å²) < 4.78 is 10.4. The van der Waals surface area contributed by atoms with E-state index in [2.05, 4.69) is 264 Å². The average molecular weight is 1020 g/mol.